The summed E-state index contributed by atoms with van der Waals surface area (Å²) >= 11 is 0. The van der Waals surface area contributed by atoms with Crippen molar-refractivity contribution >= 4 is 77.0 Å². The first-order chi connectivity index (χ1) is 36.0. The third kappa shape index (κ3) is 10.5. The van der Waals surface area contributed by atoms with E-state index in [4.69, 9.17) is 13.6 Å². The predicted molar refractivity (Wildman–Crippen MR) is 309 cm³/mol. The lowest BCUT2D eigenvalue weighted by atomic mass is 10.1. The third-order valence-electron chi connectivity index (χ3n) is 12.6. The van der Waals surface area contributed by atoms with E-state index in [0.29, 0.717) is 81.7 Å². The van der Waals surface area contributed by atoms with E-state index in [1.165, 1.54) is 0 Å². The zero-order valence-corrected chi connectivity index (χ0v) is 44.2. The Morgan fingerprint density at radius 1 is 0.284 bits per heavy atom. The van der Waals surface area contributed by atoms with Crippen LogP contribution in [0.15, 0.2) is 275 Å². The van der Waals surface area contributed by atoms with Gasteiger partial charge in [-0.05, 0) is 163 Å². The molecule has 7 nitrogen and oxygen atoms in total. The molecule has 0 saturated heterocycles. The molecule has 0 unspecified atom stereocenters. The molecule has 0 aliphatic heterocycles. The van der Waals surface area contributed by atoms with Gasteiger partial charge in [0, 0.05) is 15.9 Å². The van der Waals surface area contributed by atoms with Crippen LogP contribution in [0.5, 0.6) is 17.2 Å². The summed E-state index contributed by atoms with van der Waals surface area (Å²) in [5.41, 5.74) is 1.84. The topological polar surface area (TPSA) is 96.0 Å². The van der Waals surface area contributed by atoms with Gasteiger partial charge >= 0.3 is 22.1 Å². The van der Waals surface area contributed by atoms with Crippen molar-refractivity contribution in [2.45, 2.75) is 19.3 Å². The lowest BCUT2D eigenvalue weighted by Gasteiger charge is -2.27. The normalized spacial score (nSPS) is 11.8. The summed E-state index contributed by atoms with van der Waals surface area (Å²) in [7, 11) is -15.2. The minimum Gasteiger partial charge on any atom is -0.437 e. The van der Waals surface area contributed by atoms with Gasteiger partial charge in [0.2, 0.25) is 0 Å². The first kappa shape index (κ1) is 51.4. The molecule has 0 radical (unpaired) electrons. The van der Waals surface area contributed by atoms with Crippen molar-refractivity contribution in [3.8, 4) is 17.2 Å². The molecule has 0 aliphatic rings. The summed E-state index contributed by atoms with van der Waals surface area (Å²) in [6, 6.07) is 70.7. The summed E-state index contributed by atoms with van der Waals surface area (Å²) in [6.45, 7) is 12.2. The summed E-state index contributed by atoms with van der Waals surface area (Å²) in [6.07, 6.45) is 6.05. The predicted octanol–water partition coefficient (Wildman–Crippen LogP) is 12.4. The Kier molecular flexibility index (Phi) is 15.8. The number of hydrogen-bond acceptors (Lipinski definition) is 7. The molecule has 74 heavy (non-hydrogen) atoms. The molecule has 0 heterocycles. The summed E-state index contributed by atoms with van der Waals surface area (Å²) in [5, 5.41) is 4.48. The van der Waals surface area contributed by atoms with Crippen LogP contribution >= 0.6 is 29.2 Å². The molecule has 0 saturated carbocycles. The molecule has 0 bridgehead atoms. The largest absolute Gasteiger partial charge is 0.437 e. The van der Waals surface area contributed by atoms with E-state index >= 15 is 18.3 Å². The molecule has 0 aliphatic carbocycles. The van der Waals surface area contributed by atoms with Gasteiger partial charge in [0.1, 0.15) is 17.2 Å². The Bertz CT molecular complexity index is 3120. The maximum atomic E-state index is 17.0. The van der Waals surface area contributed by atoms with E-state index in [9.17, 15) is 0 Å². The highest BCUT2D eigenvalue weighted by Crippen LogP contribution is 2.52. The Morgan fingerprint density at radius 2 is 0.486 bits per heavy atom. The molecule has 11 heteroatoms. The number of benzene rings is 9. The number of hydrogen-bond donors (Lipinski definition) is 0. The first-order valence-corrected chi connectivity index (χ1v) is 30.7. The molecule has 9 rings (SSSR count). The van der Waals surface area contributed by atoms with Crippen LogP contribution in [-0.2, 0) is 37.5 Å². The maximum Gasteiger partial charge on any atom is 0.306 e. The minimum absolute atomic E-state index is 0.290. The summed E-state index contributed by atoms with van der Waals surface area (Å²) < 4.78 is 83.1. The van der Waals surface area contributed by atoms with Gasteiger partial charge in [-0.25, -0.2) is 0 Å². The standard InChI is InChI=1S/C63H54O7P4/c1-4-25-49-46-58(40-43-61(49)68-72(65,52-28-13-7-14-29-52)53-30-15-8-16-31-53)71(64,59-41-44-62(50(47-59)26-5-2)69-73(66,54-32-17-9-18-33-54)55-34-19-10-20-35-55)60-42-45-63(51(48-60)27-6-3)70-74(67,56-36-21-11-22-37-56)57-38-23-12-24-39-57/h4-24,28-48H,1-3,25-27H2. The molecule has 0 spiro atoms. The molecule has 0 atom stereocenters. The Balaban J connectivity index is 1.23. The molecule has 9 aromatic carbocycles. The highest BCUT2D eigenvalue weighted by Gasteiger charge is 2.37. The molecule has 0 fully saturated rings. The maximum absolute atomic E-state index is 17.0. The van der Waals surface area contributed by atoms with Gasteiger partial charge in [0.15, 0.2) is 7.14 Å². The fraction of sp³-hybridized carbons (Fsp3) is 0.0476. The minimum atomic E-state index is -3.97. The van der Waals surface area contributed by atoms with Crippen molar-refractivity contribution in [3.05, 3.63) is 291 Å². The van der Waals surface area contributed by atoms with Gasteiger partial charge in [0.05, 0.1) is 31.8 Å². The van der Waals surface area contributed by atoms with Gasteiger partial charge in [-0.15, -0.1) is 19.7 Å². The van der Waals surface area contributed by atoms with Crippen LogP contribution in [0.1, 0.15) is 16.7 Å². The highest BCUT2D eigenvalue weighted by atomic mass is 31.2. The fourth-order valence-electron chi connectivity index (χ4n) is 8.87. The van der Waals surface area contributed by atoms with Gasteiger partial charge in [-0.2, -0.15) is 0 Å². The van der Waals surface area contributed by atoms with Crippen molar-refractivity contribution in [2.75, 3.05) is 0 Å². The van der Waals surface area contributed by atoms with E-state index in [2.05, 4.69) is 19.7 Å². The Morgan fingerprint density at radius 3 is 0.676 bits per heavy atom. The number of rotatable bonds is 21. The molecule has 0 amide bonds. The quantitative estimate of drug-likeness (QED) is 0.0522. The highest BCUT2D eigenvalue weighted by molar-refractivity contribution is 7.85. The van der Waals surface area contributed by atoms with Crippen molar-refractivity contribution in [1.82, 2.24) is 0 Å². The number of allylic oxidation sites excluding steroid dienone is 3. The van der Waals surface area contributed by atoms with E-state index in [1.807, 2.05) is 127 Å². The molecule has 9 aromatic rings. The Hall–Kier alpha value is -7.48. The van der Waals surface area contributed by atoms with Gasteiger partial charge < -0.3 is 18.1 Å². The van der Waals surface area contributed by atoms with Crippen LogP contribution in [0.3, 0.4) is 0 Å². The summed E-state index contributed by atoms with van der Waals surface area (Å²) in [5.74, 6) is 1.04. The van der Waals surface area contributed by atoms with E-state index in [-0.39, 0.29) is 19.3 Å². The van der Waals surface area contributed by atoms with Crippen molar-refractivity contribution in [1.29, 1.82) is 0 Å². The van der Waals surface area contributed by atoms with Gasteiger partial charge in [-0.3, -0.25) is 13.7 Å². The van der Waals surface area contributed by atoms with Crippen LogP contribution in [0.2, 0.25) is 0 Å². The molecular weight excluding hydrogens is 993 g/mol. The zero-order valence-electron chi connectivity index (χ0n) is 40.6. The third-order valence-corrected chi connectivity index (χ3v) is 22.8. The van der Waals surface area contributed by atoms with E-state index < -0.39 is 29.2 Å². The van der Waals surface area contributed by atoms with Crippen molar-refractivity contribution < 1.29 is 31.8 Å². The van der Waals surface area contributed by atoms with E-state index in [1.54, 1.807) is 127 Å². The second kappa shape index (κ2) is 22.7. The van der Waals surface area contributed by atoms with Crippen LogP contribution in [-0.4, -0.2) is 0 Å². The van der Waals surface area contributed by atoms with Gasteiger partial charge in [-0.1, -0.05) is 127 Å². The van der Waals surface area contributed by atoms with Crippen LogP contribution in [0, 0.1) is 0 Å². The van der Waals surface area contributed by atoms with E-state index in [0.717, 1.165) is 0 Å². The summed E-state index contributed by atoms with van der Waals surface area (Å²) in [4.78, 5) is 0. The SMILES string of the molecule is C=CCc1cc(P(=O)(c2ccc(OP(=O)(c3ccccc3)c3ccccc3)c(CC=C)c2)c2ccc(OP(=O)(c3ccccc3)c3ccccc3)c(CC=C)c2)ccc1OP(=O)(c1ccccc1)c1ccccc1. The lowest BCUT2D eigenvalue weighted by molar-refractivity contribution is 0.499. The molecular formula is C63H54O7P4. The molecule has 0 N–H and O–H groups in total. The lowest BCUT2D eigenvalue weighted by Crippen LogP contribution is -2.27. The molecule has 0 aromatic heterocycles. The van der Waals surface area contributed by atoms with Crippen LogP contribution < -0.4 is 61.3 Å². The van der Waals surface area contributed by atoms with Crippen molar-refractivity contribution in [2.24, 2.45) is 0 Å². The average Bonchev–Trinajstić information content (AvgIpc) is 3.46. The second-order valence-corrected chi connectivity index (χ2v) is 27.1. The fourth-order valence-corrected chi connectivity index (χ4v) is 17.9. The van der Waals surface area contributed by atoms with Crippen molar-refractivity contribution in [3.63, 3.8) is 0 Å². The van der Waals surface area contributed by atoms with Crippen LogP contribution in [0.4, 0.5) is 0 Å². The smallest absolute Gasteiger partial charge is 0.306 e. The van der Waals surface area contributed by atoms with Crippen LogP contribution in [0.25, 0.3) is 0 Å². The molecule has 368 valence electrons. The second-order valence-electron chi connectivity index (χ2n) is 17.4. The average molecular weight is 1050 g/mol. The zero-order chi connectivity index (χ0) is 51.6. The Labute approximate surface area is 434 Å². The monoisotopic (exact) mass is 1050 g/mol. The van der Waals surface area contributed by atoms with Gasteiger partial charge in [0.25, 0.3) is 0 Å². The first-order valence-electron chi connectivity index (χ1n) is 24.1.